The number of ether oxygens (including phenoxy) is 1. The highest BCUT2D eigenvalue weighted by molar-refractivity contribution is 5.95. The summed E-state index contributed by atoms with van der Waals surface area (Å²) < 4.78 is 4.63. The van der Waals surface area contributed by atoms with Crippen molar-refractivity contribution in [1.29, 1.82) is 0 Å². The Hall–Kier alpha value is -1.06. The maximum absolute atomic E-state index is 10.8. The molecule has 1 N–H and O–H groups in total. The van der Waals surface area contributed by atoms with Crippen LogP contribution >= 0.6 is 0 Å². The Balaban J connectivity index is 3.74. The summed E-state index contributed by atoms with van der Waals surface area (Å²) in [7, 11) is 0. The topological polar surface area (TPSA) is 67.2 Å². The van der Waals surface area contributed by atoms with Gasteiger partial charge in [-0.25, -0.2) is 0 Å². The van der Waals surface area contributed by atoms with Crippen LogP contribution in [0.2, 0.25) is 0 Å². The molecular weight excluding hydrogens is 146 g/mol. The summed E-state index contributed by atoms with van der Waals surface area (Å²) in [6.07, 6.45) is 0.727. The third-order valence-corrected chi connectivity index (χ3v) is 1.20. The van der Waals surface area contributed by atoms with Gasteiger partial charge in [0, 0.05) is 0 Å². The molecule has 0 aromatic rings. The minimum atomic E-state index is -0.943. The molecule has 0 fully saturated rings. The van der Waals surface area contributed by atoms with Gasteiger partial charge in [-0.05, 0) is 13.3 Å². The quantitative estimate of drug-likeness (QED) is 0.439. The Morgan fingerprint density at radius 3 is 2.45 bits per heavy atom. The number of hydrogen-bond donors (Lipinski definition) is 0. The first kappa shape index (κ1) is 9.94. The van der Waals surface area contributed by atoms with Crippen LogP contribution in [0.1, 0.15) is 20.3 Å². The maximum atomic E-state index is 10.8. The van der Waals surface area contributed by atoms with Crippen LogP contribution in [0, 0.1) is 5.92 Å². The molecular formula is C7H12NO3. The fourth-order valence-corrected chi connectivity index (χ4v) is 0.435. The molecule has 0 aliphatic heterocycles. The van der Waals surface area contributed by atoms with Gasteiger partial charge in [0.2, 0.25) is 0 Å². The predicted molar refractivity (Wildman–Crippen MR) is 38.5 cm³/mol. The van der Waals surface area contributed by atoms with Gasteiger partial charge in [0.25, 0.3) is 5.91 Å². The molecule has 1 atom stereocenters. The first-order valence-electron chi connectivity index (χ1n) is 3.51. The van der Waals surface area contributed by atoms with Crippen LogP contribution in [0.15, 0.2) is 0 Å². The third-order valence-electron chi connectivity index (χ3n) is 1.20. The largest absolute Gasteiger partial charge is 0.465 e. The lowest BCUT2D eigenvalue weighted by molar-refractivity contribution is -0.151. The molecule has 0 saturated carbocycles. The Labute approximate surface area is 65.7 Å². The lowest BCUT2D eigenvalue weighted by Crippen LogP contribution is -2.24. The summed E-state index contributed by atoms with van der Waals surface area (Å²) >= 11 is 0. The molecule has 0 rings (SSSR count). The first-order chi connectivity index (χ1) is 5.09. The van der Waals surface area contributed by atoms with Crippen LogP contribution in [-0.4, -0.2) is 18.5 Å². The highest BCUT2D eigenvalue weighted by Gasteiger charge is 2.19. The lowest BCUT2D eigenvalue weighted by atomic mass is 10.2. The summed E-state index contributed by atoms with van der Waals surface area (Å²) in [6.45, 7) is 3.55. The van der Waals surface area contributed by atoms with Crippen molar-refractivity contribution in [3.05, 3.63) is 0 Å². The van der Waals surface area contributed by atoms with Crippen molar-refractivity contribution < 1.29 is 14.3 Å². The van der Waals surface area contributed by atoms with Gasteiger partial charge in [0.15, 0.2) is 0 Å². The third kappa shape index (κ3) is 3.60. The molecule has 0 bridgehead atoms. The van der Waals surface area contributed by atoms with E-state index in [1.807, 2.05) is 6.92 Å². The molecule has 63 valence electrons. The second-order valence-corrected chi connectivity index (χ2v) is 2.25. The number of esters is 1. The average molecular weight is 158 g/mol. The van der Waals surface area contributed by atoms with Gasteiger partial charge in [0.1, 0.15) is 5.92 Å². The van der Waals surface area contributed by atoms with E-state index in [9.17, 15) is 9.59 Å². The molecule has 0 aliphatic carbocycles. The van der Waals surface area contributed by atoms with Crippen molar-refractivity contribution in [3.63, 3.8) is 0 Å². The smallest absolute Gasteiger partial charge is 0.318 e. The highest BCUT2D eigenvalue weighted by atomic mass is 16.5. The summed E-state index contributed by atoms with van der Waals surface area (Å²) in [5.74, 6) is -2.44. The molecule has 11 heavy (non-hydrogen) atoms. The van der Waals surface area contributed by atoms with E-state index in [4.69, 9.17) is 5.73 Å². The average Bonchev–Trinajstić information content (AvgIpc) is 1.98. The lowest BCUT2D eigenvalue weighted by Gasteiger charge is -2.05. The zero-order chi connectivity index (χ0) is 8.85. The van der Waals surface area contributed by atoms with Crippen molar-refractivity contribution in [2.75, 3.05) is 6.61 Å². The standard InChI is InChI=1S/C7H12NO3/c1-3-4-11-7(10)5(2)6(8)9/h5,8H,3-4H2,1-2H3. The Morgan fingerprint density at radius 2 is 2.09 bits per heavy atom. The normalized spacial score (nSPS) is 12.2. The van der Waals surface area contributed by atoms with Gasteiger partial charge >= 0.3 is 5.97 Å². The van der Waals surface area contributed by atoms with Gasteiger partial charge < -0.3 is 4.74 Å². The molecule has 1 amide bonds. The number of amides is 1. The van der Waals surface area contributed by atoms with Gasteiger partial charge in [-0.3, -0.25) is 15.3 Å². The van der Waals surface area contributed by atoms with E-state index in [2.05, 4.69) is 4.74 Å². The summed E-state index contributed by atoms with van der Waals surface area (Å²) in [5, 5.41) is 0. The Morgan fingerprint density at radius 1 is 1.55 bits per heavy atom. The Bertz CT molecular complexity index is 156. The molecule has 4 nitrogen and oxygen atoms in total. The van der Waals surface area contributed by atoms with Crippen LogP contribution in [0.25, 0.3) is 0 Å². The SMILES string of the molecule is CCCOC(=O)C(C)C([NH])=O. The fraction of sp³-hybridized carbons (Fsp3) is 0.714. The summed E-state index contributed by atoms with van der Waals surface area (Å²) in [6, 6.07) is 0. The second kappa shape index (κ2) is 4.71. The van der Waals surface area contributed by atoms with E-state index >= 15 is 0 Å². The molecule has 0 saturated heterocycles. The molecule has 4 heteroatoms. The van der Waals surface area contributed by atoms with Crippen molar-refractivity contribution >= 4 is 11.9 Å². The summed E-state index contributed by atoms with van der Waals surface area (Å²) in [4.78, 5) is 21.1. The van der Waals surface area contributed by atoms with E-state index < -0.39 is 17.8 Å². The fourth-order valence-electron chi connectivity index (χ4n) is 0.435. The number of carbonyl (C=O) groups excluding carboxylic acids is 2. The van der Waals surface area contributed by atoms with Crippen LogP contribution in [0.3, 0.4) is 0 Å². The molecule has 0 aliphatic rings. The van der Waals surface area contributed by atoms with Crippen molar-refractivity contribution in [3.8, 4) is 0 Å². The van der Waals surface area contributed by atoms with Gasteiger partial charge in [-0.1, -0.05) is 6.92 Å². The number of carbonyl (C=O) groups is 2. The minimum Gasteiger partial charge on any atom is -0.465 e. The van der Waals surface area contributed by atoms with E-state index in [1.54, 1.807) is 0 Å². The zero-order valence-corrected chi connectivity index (χ0v) is 6.72. The Kier molecular flexibility index (Phi) is 4.26. The second-order valence-electron chi connectivity index (χ2n) is 2.25. The van der Waals surface area contributed by atoms with Crippen molar-refractivity contribution in [2.45, 2.75) is 20.3 Å². The summed E-state index contributed by atoms with van der Waals surface area (Å²) in [5.41, 5.74) is 6.61. The van der Waals surface area contributed by atoms with E-state index in [-0.39, 0.29) is 0 Å². The minimum absolute atomic E-state index is 0.316. The van der Waals surface area contributed by atoms with Crippen LogP contribution in [0.5, 0.6) is 0 Å². The maximum Gasteiger partial charge on any atom is 0.318 e. The molecule has 1 radical (unpaired) electrons. The molecule has 0 spiro atoms. The first-order valence-corrected chi connectivity index (χ1v) is 3.51. The number of nitrogens with one attached hydrogen (secondary N) is 1. The van der Waals surface area contributed by atoms with Crippen LogP contribution in [0.4, 0.5) is 0 Å². The highest BCUT2D eigenvalue weighted by Crippen LogP contribution is 1.97. The van der Waals surface area contributed by atoms with Gasteiger partial charge in [-0.2, -0.15) is 0 Å². The number of rotatable bonds is 4. The van der Waals surface area contributed by atoms with Crippen molar-refractivity contribution in [2.24, 2.45) is 5.92 Å². The van der Waals surface area contributed by atoms with Crippen LogP contribution in [-0.2, 0) is 14.3 Å². The van der Waals surface area contributed by atoms with E-state index in [1.165, 1.54) is 6.92 Å². The molecule has 0 aromatic carbocycles. The van der Waals surface area contributed by atoms with Gasteiger partial charge in [-0.15, -0.1) is 0 Å². The molecule has 0 heterocycles. The molecule has 0 aromatic heterocycles. The van der Waals surface area contributed by atoms with Gasteiger partial charge in [0.05, 0.1) is 6.61 Å². The predicted octanol–water partition coefficient (Wildman–Crippen LogP) is 0.385. The van der Waals surface area contributed by atoms with E-state index in [0.717, 1.165) is 6.42 Å². The number of hydrogen-bond acceptors (Lipinski definition) is 3. The monoisotopic (exact) mass is 158 g/mol. The van der Waals surface area contributed by atoms with Crippen molar-refractivity contribution in [1.82, 2.24) is 5.73 Å². The van der Waals surface area contributed by atoms with Crippen LogP contribution < -0.4 is 5.73 Å². The van der Waals surface area contributed by atoms with E-state index in [0.29, 0.717) is 6.61 Å². The molecule has 1 unspecified atom stereocenters. The zero-order valence-electron chi connectivity index (χ0n) is 6.72.